The predicted octanol–water partition coefficient (Wildman–Crippen LogP) is 1.18. The van der Waals surface area contributed by atoms with Gasteiger partial charge in [0.25, 0.3) is 0 Å². The second-order valence-corrected chi connectivity index (χ2v) is 0.710. The van der Waals surface area contributed by atoms with Crippen LogP contribution in [0, 0.1) is 0 Å². The van der Waals surface area contributed by atoms with Crippen LogP contribution in [0.3, 0.4) is 0 Å². The molecule has 38 valence electrons. The molecule has 0 fully saturated rings. The molecule has 1 unspecified atom stereocenters. The molecule has 3 heteroatoms. The summed E-state index contributed by atoms with van der Waals surface area (Å²) < 4.78 is 24.9. The van der Waals surface area contributed by atoms with Gasteiger partial charge in [-0.3, -0.25) is 0 Å². The van der Waals surface area contributed by atoms with E-state index in [0.717, 1.165) is 6.92 Å². The highest BCUT2D eigenvalue weighted by atomic mass is 19.1. The van der Waals surface area contributed by atoms with Crippen molar-refractivity contribution in [2.45, 2.75) is 19.7 Å². The van der Waals surface area contributed by atoms with Crippen molar-refractivity contribution < 1.29 is 17.3 Å². The van der Waals surface area contributed by atoms with Gasteiger partial charge in [0.1, 0.15) is 0 Å². The van der Waals surface area contributed by atoms with Gasteiger partial charge in [0.05, 0.1) is 0 Å². The molecule has 0 saturated carbocycles. The van der Waals surface area contributed by atoms with Crippen molar-refractivity contribution in [2.75, 3.05) is 0 Å². The van der Waals surface area contributed by atoms with Crippen molar-refractivity contribution in [3.63, 3.8) is 0 Å². The Labute approximate surface area is 38.3 Å². The second-order valence-electron chi connectivity index (χ2n) is 0.710. The molecule has 0 radical (unpaired) electrons. The van der Waals surface area contributed by atoms with Gasteiger partial charge in [0, 0.05) is 9.11 Å². The van der Waals surface area contributed by atoms with Crippen LogP contribution in [0.25, 0.3) is 0 Å². The Morgan fingerprint density at radius 1 is 2.33 bits per heavy atom. The summed E-state index contributed by atoms with van der Waals surface area (Å²) in [7, 11) is 0. The molecule has 0 aromatic carbocycles. The van der Waals surface area contributed by atoms with E-state index in [2.05, 4.69) is 4.89 Å². The third-order valence-corrected chi connectivity index (χ3v) is 0.320. The Kier molecular flexibility index (Phi) is 1.49. The van der Waals surface area contributed by atoms with Crippen LogP contribution >= 0.6 is 0 Å². The second kappa shape index (κ2) is 3.06. The smallest absolute Gasteiger partial charge is 0.231 e. The molecule has 2 nitrogen and oxygen atoms in total. The van der Waals surface area contributed by atoms with E-state index in [9.17, 15) is 4.39 Å². The monoisotopic (exact) mass is 96.1 g/mol. The van der Waals surface area contributed by atoms with Crippen molar-refractivity contribution in [1.82, 2.24) is 0 Å². The first kappa shape index (κ1) is 2.93. The highest BCUT2D eigenvalue weighted by Gasteiger charge is 1.96. The summed E-state index contributed by atoms with van der Waals surface area (Å²) in [4.78, 5) is 3.07. The van der Waals surface area contributed by atoms with Crippen molar-refractivity contribution in [3.05, 3.63) is 0 Å². The molecule has 0 aliphatic carbocycles. The average Bonchev–Trinajstić information content (AvgIpc) is 1.62. The van der Waals surface area contributed by atoms with E-state index in [1.807, 2.05) is 0 Å². The SMILES string of the molecule is [2H]C([2H])(C)C(F)OO. The maximum atomic E-state index is 11.8. The first-order valence-corrected chi connectivity index (χ1v) is 1.43. The van der Waals surface area contributed by atoms with Gasteiger partial charge in [-0.05, 0) is 0 Å². The van der Waals surface area contributed by atoms with Gasteiger partial charge in [-0.1, -0.05) is 6.92 Å². The average molecular weight is 96.1 g/mol. The molecular formula is C3H7FO2. The zero-order valence-electron chi connectivity index (χ0n) is 5.31. The fraction of sp³-hybridized carbons (Fsp3) is 1.00. The lowest BCUT2D eigenvalue weighted by molar-refractivity contribution is -0.312. The molecule has 0 spiro atoms. The van der Waals surface area contributed by atoms with Gasteiger partial charge in [-0.25, -0.2) is 14.5 Å². The Balaban J connectivity index is 3.62. The third kappa shape index (κ3) is 2.11. The summed E-state index contributed by atoms with van der Waals surface area (Å²) in [6.45, 7) is 0.966. The minimum absolute atomic E-state index is 0.966. The normalized spacial score (nSPS) is 21.8. The summed E-state index contributed by atoms with van der Waals surface area (Å²) >= 11 is 0. The van der Waals surface area contributed by atoms with E-state index in [1.54, 1.807) is 0 Å². The molecule has 0 rings (SSSR count). The highest BCUT2D eigenvalue weighted by molar-refractivity contribution is 4.25. The fourth-order valence-electron chi connectivity index (χ4n) is 0.0527. The van der Waals surface area contributed by atoms with Gasteiger partial charge in [-0.2, -0.15) is 0 Å². The number of rotatable bonds is 2. The molecule has 0 bridgehead atoms. The molecular weight excluding hydrogens is 87.0 g/mol. The van der Waals surface area contributed by atoms with Crippen molar-refractivity contribution in [2.24, 2.45) is 0 Å². The Bertz CT molecular complexity index is 72.2. The van der Waals surface area contributed by atoms with Gasteiger partial charge < -0.3 is 0 Å². The van der Waals surface area contributed by atoms with E-state index in [0.29, 0.717) is 0 Å². The van der Waals surface area contributed by atoms with Crippen LogP contribution in [-0.4, -0.2) is 11.6 Å². The lowest BCUT2D eigenvalue weighted by atomic mass is 10.5. The van der Waals surface area contributed by atoms with Crippen LogP contribution in [0.15, 0.2) is 0 Å². The molecule has 0 aromatic rings. The van der Waals surface area contributed by atoms with Crippen LogP contribution in [0.2, 0.25) is 0 Å². The Morgan fingerprint density at radius 3 is 2.83 bits per heavy atom. The standard InChI is InChI=1S/C3H7FO2/c1-2-3(4)6-5/h3,5H,2H2,1H3/i2D2. The van der Waals surface area contributed by atoms with Crippen LogP contribution in [0.1, 0.15) is 16.0 Å². The number of hydrogen-bond acceptors (Lipinski definition) is 2. The molecule has 0 aliphatic rings. The van der Waals surface area contributed by atoms with Gasteiger partial charge in [0.2, 0.25) is 6.36 Å². The van der Waals surface area contributed by atoms with Crippen LogP contribution in [0.4, 0.5) is 4.39 Å². The number of hydrogen-bond donors (Lipinski definition) is 1. The minimum atomic E-state index is -2.26. The van der Waals surface area contributed by atoms with Crippen LogP contribution in [-0.2, 0) is 4.89 Å². The Morgan fingerprint density at radius 2 is 2.83 bits per heavy atom. The molecule has 6 heavy (non-hydrogen) atoms. The summed E-state index contributed by atoms with van der Waals surface area (Å²) in [5, 5.41) is 7.56. The molecule has 1 atom stereocenters. The zero-order chi connectivity index (χ0) is 6.78. The van der Waals surface area contributed by atoms with E-state index < -0.39 is 12.7 Å². The van der Waals surface area contributed by atoms with Gasteiger partial charge in [0.15, 0.2) is 0 Å². The number of alkyl halides is 1. The fourth-order valence-corrected chi connectivity index (χ4v) is 0.0527. The van der Waals surface area contributed by atoms with Crippen molar-refractivity contribution in [1.29, 1.82) is 0 Å². The summed E-state index contributed by atoms with van der Waals surface area (Å²) in [6, 6.07) is 0. The molecule has 0 saturated heterocycles. The Hall–Kier alpha value is -0.150. The van der Waals surface area contributed by atoms with E-state index in [4.69, 9.17) is 8.00 Å². The van der Waals surface area contributed by atoms with E-state index in [-0.39, 0.29) is 0 Å². The summed E-state index contributed by atoms with van der Waals surface area (Å²) in [6.07, 6.45) is -4.39. The number of halogens is 1. The molecule has 1 N–H and O–H groups in total. The lowest BCUT2D eigenvalue weighted by Crippen LogP contribution is -1.98. The van der Waals surface area contributed by atoms with Crippen LogP contribution in [0.5, 0.6) is 0 Å². The van der Waals surface area contributed by atoms with E-state index in [1.165, 1.54) is 0 Å². The lowest BCUT2D eigenvalue weighted by Gasteiger charge is -1.94. The van der Waals surface area contributed by atoms with E-state index >= 15 is 0 Å². The van der Waals surface area contributed by atoms with Gasteiger partial charge in [-0.15, -0.1) is 0 Å². The van der Waals surface area contributed by atoms with Crippen LogP contribution < -0.4 is 0 Å². The first-order valence-electron chi connectivity index (χ1n) is 2.43. The largest absolute Gasteiger partial charge is 0.249 e. The minimum Gasteiger partial charge on any atom is -0.249 e. The maximum Gasteiger partial charge on any atom is 0.231 e. The topological polar surface area (TPSA) is 29.5 Å². The molecule has 0 aliphatic heterocycles. The predicted molar refractivity (Wildman–Crippen MR) is 18.9 cm³/mol. The zero-order valence-corrected chi connectivity index (χ0v) is 3.31. The van der Waals surface area contributed by atoms with Crippen molar-refractivity contribution >= 4 is 0 Å². The molecule has 0 heterocycles. The molecule has 0 aromatic heterocycles. The first-order chi connectivity index (χ1) is 3.48. The van der Waals surface area contributed by atoms with Crippen molar-refractivity contribution in [3.8, 4) is 0 Å². The summed E-state index contributed by atoms with van der Waals surface area (Å²) in [5.41, 5.74) is 0. The summed E-state index contributed by atoms with van der Waals surface area (Å²) in [5.74, 6) is 0. The quantitative estimate of drug-likeness (QED) is 0.413. The third-order valence-electron chi connectivity index (χ3n) is 0.320. The maximum absolute atomic E-state index is 11.8. The molecule has 0 amide bonds. The highest BCUT2D eigenvalue weighted by Crippen LogP contribution is 1.93. The van der Waals surface area contributed by atoms with Gasteiger partial charge >= 0.3 is 0 Å².